The molecule has 1 aliphatic rings. The molecule has 1 saturated heterocycles. The standard InChI is InChI=1S/C11H16N2OS/c12-10-2-1-4-13(7-10)11(14)6-9-3-5-15-8-9/h3,5,8,10H,1-2,4,6-7,12H2. The van der Waals surface area contributed by atoms with Gasteiger partial charge in [0.1, 0.15) is 0 Å². The predicted molar refractivity (Wildman–Crippen MR) is 61.8 cm³/mol. The van der Waals surface area contributed by atoms with Crippen LogP contribution < -0.4 is 5.73 Å². The topological polar surface area (TPSA) is 46.3 Å². The molecule has 0 aliphatic carbocycles. The Bertz CT molecular complexity index is 323. The summed E-state index contributed by atoms with van der Waals surface area (Å²) in [4.78, 5) is 13.8. The van der Waals surface area contributed by atoms with Crippen LogP contribution in [0.15, 0.2) is 16.8 Å². The summed E-state index contributed by atoms with van der Waals surface area (Å²) in [6.07, 6.45) is 2.61. The number of nitrogens with two attached hydrogens (primary N) is 1. The van der Waals surface area contributed by atoms with Crippen LogP contribution in [0.25, 0.3) is 0 Å². The van der Waals surface area contributed by atoms with Crippen molar-refractivity contribution in [1.82, 2.24) is 4.90 Å². The van der Waals surface area contributed by atoms with E-state index in [1.54, 1.807) is 11.3 Å². The zero-order valence-corrected chi connectivity index (χ0v) is 9.50. The summed E-state index contributed by atoms with van der Waals surface area (Å²) in [5, 5.41) is 4.03. The van der Waals surface area contributed by atoms with Crippen LogP contribution in [-0.4, -0.2) is 29.9 Å². The Morgan fingerprint density at radius 1 is 1.67 bits per heavy atom. The quantitative estimate of drug-likeness (QED) is 0.821. The van der Waals surface area contributed by atoms with E-state index in [1.807, 2.05) is 21.7 Å². The third-order valence-electron chi connectivity index (χ3n) is 2.75. The van der Waals surface area contributed by atoms with Gasteiger partial charge in [0.25, 0.3) is 0 Å². The van der Waals surface area contributed by atoms with Crippen LogP contribution >= 0.6 is 11.3 Å². The average molecular weight is 224 g/mol. The normalized spacial score (nSPS) is 21.7. The number of nitrogens with zero attached hydrogens (tertiary/aromatic N) is 1. The summed E-state index contributed by atoms with van der Waals surface area (Å²) < 4.78 is 0. The highest BCUT2D eigenvalue weighted by atomic mass is 32.1. The maximum Gasteiger partial charge on any atom is 0.227 e. The summed E-state index contributed by atoms with van der Waals surface area (Å²) in [6, 6.07) is 2.18. The molecule has 1 aromatic heterocycles. The molecule has 2 heterocycles. The van der Waals surface area contributed by atoms with E-state index in [0.29, 0.717) is 6.42 Å². The molecular weight excluding hydrogens is 208 g/mol. The van der Waals surface area contributed by atoms with E-state index in [-0.39, 0.29) is 11.9 Å². The molecule has 1 unspecified atom stereocenters. The number of rotatable bonds is 2. The molecule has 1 amide bonds. The molecule has 1 aromatic rings. The molecule has 0 radical (unpaired) electrons. The maximum absolute atomic E-state index is 11.9. The number of carbonyl (C=O) groups excluding carboxylic acids is 1. The van der Waals surface area contributed by atoms with Gasteiger partial charge in [0.15, 0.2) is 0 Å². The van der Waals surface area contributed by atoms with Crippen LogP contribution in [0.1, 0.15) is 18.4 Å². The summed E-state index contributed by atoms with van der Waals surface area (Å²) >= 11 is 1.63. The van der Waals surface area contributed by atoms with Gasteiger partial charge >= 0.3 is 0 Å². The van der Waals surface area contributed by atoms with Gasteiger partial charge in [0.05, 0.1) is 6.42 Å². The monoisotopic (exact) mass is 224 g/mol. The fourth-order valence-electron chi connectivity index (χ4n) is 1.92. The molecule has 2 N–H and O–H groups in total. The molecule has 1 aliphatic heterocycles. The van der Waals surface area contributed by atoms with E-state index in [9.17, 15) is 4.79 Å². The second kappa shape index (κ2) is 4.77. The fraction of sp³-hybridized carbons (Fsp3) is 0.545. The number of likely N-dealkylation sites (tertiary alicyclic amines) is 1. The first-order valence-electron chi connectivity index (χ1n) is 5.30. The Morgan fingerprint density at radius 3 is 3.20 bits per heavy atom. The first-order chi connectivity index (χ1) is 7.25. The Hall–Kier alpha value is -0.870. The summed E-state index contributed by atoms with van der Waals surface area (Å²) in [5.74, 6) is 0.212. The van der Waals surface area contributed by atoms with Gasteiger partial charge in [0.2, 0.25) is 5.91 Å². The minimum absolute atomic E-state index is 0.171. The van der Waals surface area contributed by atoms with Crippen LogP contribution in [-0.2, 0) is 11.2 Å². The van der Waals surface area contributed by atoms with Crippen molar-refractivity contribution < 1.29 is 4.79 Å². The van der Waals surface area contributed by atoms with Gasteiger partial charge in [-0.05, 0) is 35.2 Å². The van der Waals surface area contributed by atoms with E-state index < -0.39 is 0 Å². The highest BCUT2D eigenvalue weighted by molar-refractivity contribution is 7.07. The minimum atomic E-state index is 0.171. The second-order valence-electron chi connectivity index (χ2n) is 4.05. The Morgan fingerprint density at radius 2 is 2.53 bits per heavy atom. The van der Waals surface area contributed by atoms with Crippen molar-refractivity contribution in [3.05, 3.63) is 22.4 Å². The van der Waals surface area contributed by atoms with Crippen LogP contribution in [0, 0.1) is 0 Å². The fourth-order valence-corrected chi connectivity index (χ4v) is 2.58. The van der Waals surface area contributed by atoms with E-state index in [0.717, 1.165) is 31.5 Å². The van der Waals surface area contributed by atoms with Crippen LogP contribution in [0.3, 0.4) is 0 Å². The van der Waals surface area contributed by atoms with Crippen LogP contribution in [0.5, 0.6) is 0 Å². The van der Waals surface area contributed by atoms with Gasteiger partial charge in [0, 0.05) is 19.1 Å². The van der Waals surface area contributed by atoms with Crippen molar-refractivity contribution in [2.75, 3.05) is 13.1 Å². The van der Waals surface area contributed by atoms with Crippen molar-refractivity contribution in [3.8, 4) is 0 Å². The van der Waals surface area contributed by atoms with E-state index in [1.165, 1.54) is 0 Å². The van der Waals surface area contributed by atoms with Gasteiger partial charge in [-0.2, -0.15) is 11.3 Å². The Kier molecular flexibility index (Phi) is 3.38. The summed E-state index contributed by atoms with van der Waals surface area (Å²) in [5.41, 5.74) is 6.96. The Labute approximate surface area is 93.9 Å². The largest absolute Gasteiger partial charge is 0.341 e. The molecule has 0 aromatic carbocycles. The molecule has 2 rings (SSSR count). The first-order valence-corrected chi connectivity index (χ1v) is 6.24. The number of thiophene rings is 1. The third-order valence-corrected chi connectivity index (χ3v) is 3.48. The average Bonchev–Trinajstić information content (AvgIpc) is 2.70. The van der Waals surface area contributed by atoms with Gasteiger partial charge < -0.3 is 10.6 Å². The molecule has 0 saturated carbocycles. The minimum Gasteiger partial charge on any atom is -0.341 e. The number of amides is 1. The van der Waals surface area contributed by atoms with Crippen molar-refractivity contribution in [2.24, 2.45) is 5.73 Å². The third kappa shape index (κ3) is 2.79. The molecule has 3 nitrogen and oxygen atoms in total. The predicted octanol–water partition coefficient (Wildman–Crippen LogP) is 1.24. The van der Waals surface area contributed by atoms with Crippen molar-refractivity contribution in [1.29, 1.82) is 0 Å². The van der Waals surface area contributed by atoms with Crippen LogP contribution in [0.4, 0.5) is 0 Å². The van der Waals surface area contributed by atoms with E-state index in [4.69, 9.17) is 5.73 Å². The van der Waals surface area contributed by atoms with Gasteiger partial charge in [-0.25, -0.2) is 0 Å². The van der Waals surface area contributed by atoms with Crippen LogP contribution in [0.2, 0.25) is 0 Å². The molecule has 1 fully saturated rings. The Balaban J connectivity index is 1.90. The summed E-state index contributed by atoms with van der Waals surface area (Å²) in [7, 11) is 0. The molecule has 0 spiro atoms. The summed E-state index contributed by atoms with van der Waals surface area (Å²) in [6.45, 7) is 1.60. The molecule has 82 valence electrons. The first kappa shape index (κ1) is 10.6. The highest BCUT2D eigenvalue weighted by Gasteiger charge is 2.20. The van der Waals surface area contributed by atoms with E-state index >= 15 is 0 Å². The maximum atomic E-state index is 11.9. The van der Waals surface area contributed by atoms with E-state index in [2.05, 4.69) is 0 Å². The number of hydrogen-bond acceptors (Lipinski definition) is 3. The number of hydrogen-bond donors (Lipinski definition) is 1. The lowest BCUT2D eigenvalue weighted by Gasteiger charge is -2.30. The second-order valence-corrected chi connectivity index (χ2v) is 4.83. The smallest absolute Gasteiger partial charge is 0.227 e. The number of piperidine rings is 1. The molecule has 4 heteroatoms. The SMILES string of the molecule is NC1CCCN(C(=O)Cc2ccsc2)C1. The highest BCUT2D eigenvalue weighted by Crippen LogP contribution is 2.12. The molecule has 0 bridgehead atoms. The lowest BCUT2D eigenvalue weighted by molar-refractivity contribution is -0.131. The van der Waals surface area contributed by atoms with Crippen molar-refractivity contribution >= 4 is 17.2 Å². The van der Waals surface area contributed by atoms with Gasteiger partial charge in [-0.3, -0.25) is 4.79 Å². The van der Waals surface area contributed by atoms with Gasteiger partial charge in [-0.1, -0.05) is 0 Å². The van der Waals surface area contributed by atoms with Gasteiger partial charge in [-0.15, -0.1) is 0 Å². The molecule has 1 atom stereocenters. The van der Waals surface area contributed by atoms with Crippen molar-refractivity contribution in [2.45, 2.75) is 25.3 Å². The number of carbonyl (C=O) groups is 1. The lowest BCUT2D eigenvalue weighted by atomic mass is 10.1. The lowest BCUT2D eigenvalue weighted by Crippen LogP contribution is -2.46. The zero-order chi connectivity index (χ0) is 10.7. The van der Waals surface area contributed by atoms with Crippen molar-refractivity contribution in [3.63, 3.8) is 0 Å². The zero-order valence-electron chi connectivity index (χ0n) is 8.69. The molecular formula is C11H16N2OS. The molecule has 15 heavy (non-hydrogen) atoms.